The van der Waals surface area contributed by atoms with Gasteiger partial charge in [0.05, 0.1) is 12.2 Å². The molecule has 2 bridgehead atoms. The van der Waals surface area contributed by atoms with Gasteiger partial charge < -0.3 is 19.7 Å². The minimum atomic E-state index is -0.757. The third-order valence-corrected chi connectivity index (χ3v) is 5.61. The van der Waals surface area contributed by atoms with E-state index in [-0.39, 0.29) is 37.0 Å². The van der Waals surface area contributed by atoms with Crippen molar-refractivity contribution in [2.75, 3.05) is 6.61 Å². The van der Waals surface area contributed by atoms with E-state index in [2.05, 4.69) is 12.2 Å². The summed E-state index contributed by atoms with van der Waals surface area (Å²) in [4.78, 5) is 10.5. The first-order valence-electron chi connectivity index (χ1n) is 10.3. The van der Waals surface area contributed by atoms with Crippen molar-refractivity contribution in [3.8, 4) is 5.75 Å². The van der Waals surface area contributed by atoms with E-state index in [1.165, 1.54) is 24.3 Å². The van der Waals surface area contributed by atoms with E-state index in [4.69, 9.17) is 14.6 Å². The molecule has 3 rings (SSSR count). The first kappa shape index (κ1) is 21.5. The predicted octanol–water partition coefficient (Wildman–Crippen LogP) is 4.12. The third kappa shape index (κ3) is 6.41. The first-order valence-corrected chi connectivity index (χ1v) is 10.3. The number of aliphatic hydroxyl groups is 1. The number of carboxylic acids is 1. The summed E-state index contributed by atoms with van der Waals surface area (Å²) >= 11 is 0. The van der Waals surface area contributed by atoms with Crippen LogP contribution in [0.5, 0.6) is 5.75 Å². The van der Waals surface area contributed by atoms with Crippen molar-refractivity contribution in [3.63, 3.8) is 0 Å². The molecule has 0 aromatic heterocycles. The van der Waals surface area contributed by atoms with Gasteiger partial charge in [-0.25, -0.2) is 4.39 Å². The van der Waals surface area contributed by atoms with Gasteiger partial charge in [0.15, 0.2) is 0 Å². The van der Waals surface area contributed by atoms with Gasteiger partial charge in [-0.3, -0.25) is 4.79 Å². The first-order chi connectivity index (χ1) is 14.0. The Balaban J connectivity index is 1.46. The number of allylic oxidation sites excluding steroid dienone is 2. The Kier molecular flexibility index (Phi) is 7.83. The molecule has 2 saturated heterocycles. The summed E-state index contributed by atoms with van der Waals surface area (Å²) in [7, 11) is 0. The lowest BCUT2D eigenvalue weighted by molar-refractivity contribution is -0.137. The van der Waals surface area contributed by atoms with Crippen LogP contribution < -0.4 is 4.74 Å². The van der Waals surface area contributed by atoms with Crippen LogP contribution in [-0.2, 0) is 9.53 Å². The number of aliphatic carboxylic acids is 1. The largest absolute Gasteiger partial charge is 0.491 e. The van der Waals surface area contributed by atoms with Gasteiger partial charge in [0.2, 0.25) is 0 Å². The fourth-order valence-electron chi connectivity index (χ4n) is 4.15. The number of ether oxygens (including phenoxy) is 2. The second kappa shape index (κ2) is 10.6. The van der Waals surface area contributed by atoms with Crippen molar-refractivity contribution in [1.29, 1.82) is 0 Å². The lowest BCUT2D eigenvalue weighted by atomic mass is 9.77. The van der Waals surface area contributed by atoms with E-state index in [1.807, 2.05) is 6.08 Å². The number of hydrogen-bond donors (Lipinski definition) is 2. The molecule has 0 radical (unpaired) electrons. The average molecular weight is 404 g/mol. The number of halogens is 1. The summed E-state index contributed by atoms with van der Waals surface area (Å²) in [5, 5.41) is 18.9. The molecule has 2 aliphatic heterocycles. The number of carbonyl (C=O) groups is 1. The number of rotatable bonds is 11. The van der Waals surface area contributed by atoms with Crippen LogP contribution in [0.3, 0.4) is 0 Å². The quantitative estimate of drug-likeness (QED) is 0.429. The fourth-order valence-corrected chi connectivity index (χ4v) is 4.15. The molecule has 2 aliphatic rings. The van der Waals surface area contributed by atoms with E-state index in [0.29, 0.717) is 18.1 Å². The molecule has 1 unspecified atom stereocenters. The molecule has 0 aliphatic carbocycles. The Labute approximate surface area is 170 Å². The summed E-state index contributed by atoms with van der Waals surface area (Å²) in [5.74, 6) is 0.0833. The predicted molar refractivity (Wildman–Crippen MR) is 107 cm³/mol. The highest BCUT2D eigenvalue weighted by atomic mass is 19.1. The molecule has 1 aromatic rings. The van der Waals surface area contributed by atoms with Crippen LogP contribution in [-0.4, -0.2) is 41.1 Å². The summed E-state index contributed by atoms with van der Waals surface area (Å²) in [6, 6.07) is 5.72. The number of benzene rings is 1. The second-order valence-electron chi connectivity index (χ2n) is 7.74. The summed E-state index contributed by atoms with van der Waals surface area (Å²) in [5.41, 5.74) is 0. The standard InChI is InChI=1S/C23H29FO5/c24-16-7-10-18(11-8-16)28-15-17(25)9-12-20-19(21-13-14-22(20)29-21)5-3-1-2-4-6-23(26)27/h1,3,7-12,17,19-22,25H,2,4-6,13-15H2,(H,26,27)/t17-,19-,20?,21+,22-/m1/s1. The van der Waals surface area contributed by atoms with Crippen molar-refractivity contribution in [1.82, 2.24) is 0 Å². The molecule has 2 N–H and O–H groups in total. The molecule has 158 valence electrons. The van der Waals surface area contributed by atoms with Gasteiger partial charge in [0.1, 0.15) is 24.3 Å². The average Bonchev–Trinajstić information content (AvgIpc) is 3.30. The van der Waals surface area contributed by atoms with Crippen molar-refractivity contribution in [3.05, 3.63) is 54.4 Å². The Morgan fingerprint density at radius 2 is 2.00 bits per heavy atom. The van der Waals surface area contributed by atoms with E-state index < -0.39 is 12.1 Å². The minimum Gasteiger partial charge on any atom is -0.491 e. The SMILES string of the molecule is O=C(O)CCCC=CC[C@@H]1C(C=C[C@@H](O)COc2ccc(F)cc2)[C@H]2CC[C@@H]1O2. The Morgan fingerprint density at radius 1 is 1.24 bits per heavy atom. The number of aliphatic hydroxyl groups excluding tert-OH is 1. The van der Waals surface area contributed by atoms with Gasteiger partial charge in [-0.1, -0.05) is 24.3 Å². The monoisotopic (exact) mass is 404 g/mol. The van der Waals surface area contributed by atoms with Crippen LogP contribution in [0.1, 0.15) is 38.5 Å². The zero-order valence-corrected chi connectivity index (χ0v) is 16.5. The summed E-state index contributed by atoms with van der Waals surface area (Å²) in [6.45, 7) is 0.109. The third-order valence-electron chi connectivity index (χ3n) is 5.61. The van der Waals surface area contributed by atoms with Crippen LogP contribution in [0, 0.1) is 17.7 Å². The summed E-state index contributed by atoms with van der Waals surface area (Å²) in [6.07, 6.45) is 12.3. The van der Waals surface area contributed by atoms with Crippen molar-refractivity contribution in [2.45, 2.75) is 56.8 Å². The molecule has 2 heterocycles. The van der Waals surface area contributed by atoms with Crippen LogP contribution in [0.25, 0.3) is 0 Å². The van der Waals surface area contributed by atoms with Crippen molar-refractivity contribution >= 4 is 5.97 Å². The maximum atomic E-state index is 12.9. The molecule has 5 nitrogen and oxygen atoms in total. The highest BCUT2D eigenvalue weighted by Gasteiger charge is 2.46. The van der Waals surface area contributed by atoms with E-state index in [9.17, 15) is 14.3 Å². The molecule has 5 atom stereocenters. The highest BCUT2D eigenvalue weighted by Crippen LogP contribution is 2.45. The van der Waals surface area contributed by atoms with Gasteiger partial charge in [-0.05, 0) is 62.3 Å². The van der Waals surface area contributed by atoms with Crippen LogP contribution in [0.2, 0.25) is 0 Å². The topological polar surface area (TPSA) is 76.0 Å². The molecule has 6 heteroatoms. The number of hydrogen-bond acceptors (Lipinski definition) is 4. The van der Waals surface area contributed by atoms with Gasteiger partial charge in [0.25, 0.3) is 0 Å². The highest BCUT2D eigenvalue weighted by molar-refractivity contribution is 5.66. The van der Waals surface area contributed by atoms with E-state index in [1.54, 1.807) is 6.08 Å². The lowest BCUT2D eigenvalue weighted by Crippen LogP contribution is -2.26. The lowest BCUT2D eigenvalue weighted by Gasteiger charge is -2.25. The Morgan fingerprint density at radius 3 is 2.76 bits per heavy atom. The fraction of sp³-hybridized carbons (Fsp3) is 0.522. The van der Waals surface area contributed by atoms with Gasteiger partial charge in [-0.15, -0.1) is 0 Å². The molecule has 2 fully saturated rings. The van der Waals surface area contributed by atoms with Crippen LogP contribution in [0.4, 0.5) is 4.39 Å². The van der Waals surface area contributed by atoms with Crippen molar-refractivity contribution in [2.24, 2.45) is 11.8 Å². The molecule has 1 aromatic carbocycles. The van der Waals surface area contributed by atoms with Crippen LogP contribution in [0.15, 0.2) is 48.6 Å². The minimum absolute atomic E-state index is 0.109. The molecule has 0 spiro atoms. The normalized spacial score (nSPS) is 27.1. The van der Waals surface area contributed by atoms with Crippen LogP contribution >= 0.6 is 0 Å². The smallest absolute Gasteiger partial charge is 0.303 e. The van der Waals surface area contributed by atoms with Gasteiger partial charge in [0, 0.05) is 12.3 Å². The number of unbranched alkanes of at least 4 members (excludes halogenated alkanes) is 1. The number of fused-ring (bicyclic) bond motifs is 2. The molecular weight excluding hydrogens is 375 g/mol. The molecule has 29 heavy (non-hydrogen) atoms. The van der Waals surface area contributed by atoms with E-state index >= 15 is 0 Å². The molecular formula is C23H29FO5. The maximum Gasteiger partial charge on any atom is 0.303 e. The zero-order valence-electron chi connectivity index (χ0n) is 16.5. The van der Waals surface area contributed by atoms with E-state index in [0.717, 1.165) is 25.7 Å². The summed E-state index contributed by atoms with van der Waals surface area (Å²) < 4.78 is 24.5. The molecule has 0 amide bonds. The number of carboxylic acid groups (broad SMARTS) is 1. The maximum absolute atomic E-state index is 12.9. The van der Waals surface area contributed by atoms with Gasteiger partial charge in [-0.2, -0.15) is 0 Å². The zero-order chi connectivity index (χ0) is 20.6. The Bertz CT molecular complexity index is 714. The second-order valence-corrected chi connectivity index (χ2v) is 7.74. The van der Waals surface area contributed by atoms with Crippen molar-refractivity contribution < 1.29 is 28.9 Å². The Hall–Kier alpha value is -2.18. The van der Waals surface area contributed by atoms with Gasteiger partial charge >= 0.3 is 5.97 Å². The molecule has 0 saturated carbocycles.